The van der Waals surface area contributed by atoms with Crippen molar-refractivity contribution in [3.05, 3.63) is 45.6 Å². The second-order valence-corrected chi connectivity index (χ2v) is 6.46. The molecule has 3 rings (SSSR count). The first-order chi connectivity index (χ1) is 10.3. The van der Waals surface area contributed by atoms with Crippen molar-refractivity contribution in [2.45, 2.75) is 26.3 Å². The van der Waals surface area contributed by atoms with Crippen molar-refractivity contribution in [3.8, 4) is 6.07 Å². The minimum Gasteiger partial charge on any atom is -0.380 e. The molecule has 0 bridgehead atoms. The maximum absolute atomic E-state index is 8.85. The van der Waals surface area contributed by atoms with Crippen LogP contribution < -0.4 is 10.2 Å². The van der Waals surface area contributed by atoms with Crippen molar-refractivity contribution in [1.29, 1.82) is 5.26 Å². The Morgan fingerprint density at radius 3 is 2.76 bits per heavy atom. The minimum absolute atomic E-state index is 0.748. The van der Waals surface area contributed by atoms with Gasteiger partial charge in [-0.3, -0.25) is 0 Å². The van der Waals surface area contributed by atoms with Crippen LogP contribution in [0.5, 0.6) is 0 Å². The molecule has 0 amide bonds. The van der Waals surface area contributed by atoms with Gasteiger partial charge in [-0.05, 0) is 49.6 Å². The zero-order valence-corrected chi connectivity index (χ0v) is 13.0. The van der Waals surface area contributed by atoms with E-state index in [1.807, 2.05) is 11.4 Å². The number of hydrogen-bond acceptors (Lipinski definition) is 4. The lowest BCUT2D eigenvalue weighted by Crippen LogP contribution is -2.17. The van der Waals surface area contributed by atoms with Crippen LogP contribution in [0.4, 0.5) is 11.4 Å². The standard InChI is InChI=1S/C17H19N3S/c1-13-8-15(20-6-2-3-7-20)4-5-17(13)19-11-16-9-14(10-18)12-21-16/h4-5,8-9,12,19H,2-3,6-7,11H2,1H3. The Hall–Kier alpha value is -1.99. The second-order valence-electron chi connectivity index (χ2n) is 5.46. The van der Waals surface area contributed by atoms with Crippen LogP contribution in [-0.4, -0.2) is 13.1 Å². The van der Waals surface area contributed by atoms with Crippen molar-refractivity contribution in [1.82, 2.24) is 0 Å². The molecule has 108 valence electrons. The Bertz CT molecular complexity index is 663. The molecule has 1 saturated heterocycles. The molecule has 0 spiro atoms. The first kappa shape index (κ1) is 14.0. The van der Waals surface area contributed by atoms with E-state index in [9.17, 15) is 0 Å². The number of benzene rings is 1. The summed E-state index contributed by atoms with van der Waals surface area (Å²) in [7, 11) is 0. The van der Waals surface area contributed by atoms with Crippen LogP contribution in [0, 0.1) is 18.3 Å². The third-order valence-corrected chi connectivity index (χ3v) is 4.85. The van der Waals surface area contributed by atoms with Gasteiger partial charge in [0.2, 0.25) is 0 Å². The van der Waals surface area contributed by atoms with Gasteiger partial charge < -0.3 is 10.2 Å². The predicted molar refractivity (Wildman–Crippen MR) is 89.0 cm³/mol. The summed E-state index contributed by atoms with van der Waals surface area (Å²) in [6, 6.07) is 10.8. The van der Waals surface area contributed by atoms with Crippen molar-refractivity contribution in [2.24, 2.45) is 0 Å². The number of aryl methyl sites for hydroxylation is 1. The van der Waals surface area contributed by atoms with Gasteiger partial charge in [-0.15, -0.1) is 11.3 Å². The topological polar surface area (TPSA) is 39.1 Å². The van der Waals surface area contributed by atoms with Gasteiger partial charge in [0.1, 0.15) is 6.07 Å². The van der Waals surface area contributed by atoms with Crippen LogP contribution in [0.25, 0.3) is 0 Å². The zero-order valence-electron chi connectivity index (χ0n) is 12.2. The summed E-state index contributed by atoms with van der Waals surface area (Å²) in [5.41, 5.74) is 4.53. The minimum atomic E-state index is 0.748. The molecule has 0 atom stereocenters. The molecule has 0 aliphatic carbocycles. The number of thiophene rings is 1. The average molecular weight is 297 g/mol. The molecule has 1 aliphatic rings. The molecule has 1 aromatic heterocycles. The highest BCUT2D eigenvalue weighted by Gasteiger charge is 2.13. The Labute approximate surface area is 129 Å². The van der Waals surface area contributed by atoms with Gasteiger partial charge in [-0.2, -0.15) is 5.26 Å². The summed E-state index contributed by atoms with van der Waals surface area (Å²) < 4.78 is 0. The zero-order chi connectivity index (χ0) is 14.7. The van der Waals surface area contributed by atoms with Gasteiger partial charge in [0, 0.05) is 41.3 Å². The highest BCUT2D eigenvalue weighted by molar-refractivity contribution is 7.10. The largest absolute Gasteiger partial charge is 0.380 e. The maximum Gasteiger partial charge on any atom is 0.100 e. The highest BCUT2D eigenvalue weighted by Crippen LogP contribution is 2.26. The summed E-state index contributed by atoms with van der Waals surface area (Å²) in [4.78, 5) is 3.64. The van der Waals surface area contributed by atoms with E-state index in [0.717, 1.165) is 12.1 Å². The molecular formula is C17H19N3S. The van der Waals surface area contributed by atoms with Crippen LogP contribution in [0.3, 0.4) is 0 Å². The number of anilines is 2. The summed E-state index contributed by atoms with van der Waals surface area (Å²) in [5, 5.41) is 14.2. The molecule has 2 aromatic rings. The number of nitrogens with one attached hydrogen (secondary N) is 1. The van der Waals surface area contributed by atoms with Crippen molar-refractivity contribution in [3.63, 3.8) is 0 Å². The number of nitrogens with zero attached hydrogens (tertiary/aromatic N) is 2. The second kappa shape index (κ2) is 6.19. The molecule has 1 fully saturated rings. The van der Waals surface area contributed by atoms with E-state index in [2.05, 4.69) is 41.4 Å². The lowest BCUT2D eigenvalue weighted by Gasteiger charge is -2.19. The highest BCUT2D eigenvalue weighted by atomic mass is 32.1. The van der Waals surface area contributed by atoms with Crippen LogP contribution in [0.1, 0.15) is 28.8 Å². The molecule has 0 radical (unpaired) electrons. The third kappa shape index (κ3) is 3.20. The Morgan fingerprint density at radius 1 is 1.29 bits per heavy atom. The average Bonchev–Trinajstić information content (AvgIpc) is 3.17. The van der Waals surface area contributed by atoms with E-state index in [0.29, 0.717) is 0 Å². The smallest absolute Gasteiger partial charge is 0.100 e. The summed E-state index contributed by atoms with van der Waals surface area (Å²) in [6.45, 7) is 5.28. The van der Waals surface area contributed by atoms with E-state index >= 15 is 0 Å². The summed E-state index contributed by atoms with van der Waals surface area (Å²) >= 11 is 1.63. The number of nitriles is 1. The van der Waals surface area contributed by atoms with Crippen LogP contribution in [0.15, 0.2) is 29.6 Å². The SMILES string of the molecule is Cc1cc(N2CCCC2)ccc1NCc1cc(C#N)cs1. The van der Waals surface area contributed by atoms with Crippen molar-refractivity contribution < 1.29 is 0 Å². The van der Waals surface area contributed by atoms with Gasteiger partial charge in [-0.25, -0.2) is 0 Å². The lowest BCUT2D eigenvalue weighted by atomic mass is 10.1. The fourth-order valence-corrected chi connectivity index (χ4v) is 3.48. The first-order valence-corrected chi connectivity index (χ1v) is 8.21. The van der Waals surface area contributed by atoms with Crippen LogP contribution in [-0.2, 0) is 6.54 Å². The van der Waals surface area contributed by atoms with Crippen LogP contribution in [0.2, 0.25) is 0 Å². The monoisotopic (exact) mass is 297 g/mol. The first-order valence-electron chi connectivity index (χ1n) is 7.33. The van der Waals surface area contributed by atoms with E-state index < -0.39 is 0 Å². The number of rotatable bonds is 4. The molecule has 4 heteroatoms. The normalized spacial score (nSPS) is 14.2. The predicted octanol–water partition coefficient (Wildman–Crippen LogP) is 4.14. The molecule has 1 aliphatic heterocycles. The molecule has 21 heavy (non-hydrogen) atoms. The molecule has 0 unspecified atom stereocenters. The number of hydrogen-bond donors (Lipinski definition) is 1. The molecule has 3 nitrogen and oxygen atoms in total. The van der Waals surface area contributed by atoms with Crippen molar-refractivity contribution >= 4 is 22.7 Å². The molecule has 1 N–H and O–H groups in total. The quantitative estimate of drug-likeness (QED) is 0.922. The lowest BCUT2D eigenvalue weighted by molar-refractivity contribution is 0.949. The van der Waals surface area contributed by atoms with Gasteiger partial charge >= 0.3 is 0 Å². The summed E-state index contributed by atoms with van der Waals surface area (Å²) in [5.74, 6) is 0. The van der Waals surface area contributed by atoms with Gasteiger partial charge in [-0.1, -0.05) is 0 Å². The molecular weight excluding hydrogens is 278 g/mol. The fraction of sp³-hybridized carbons (Fsp3) is 0.353. The van der Waals surface area contributed by atoms with Gasteiger partial charge in [0.25, 0.3) is 0 Å². The Morgan fingerprint density at radius 2 is 2.10 bits per heavy atom. The van der Waals surface area contributed by atoms with Crippen LogP contribution >= 0.6 is 11.3 Å². The third-order valence-electron chi connectivity index (χ3n) is 3.92. The van der Waals surface area contributed by atoms with E-state index in [-0.39, 0.29) is 0 Å². The maximum atomic E-state index is 8.85. The molecule has 0 saturated carbocycles. The van der Waals surface area contributed by atoms with Crippen molar-refractivity contribution in [2.75, 3.05) is 23.3 Å². The van der Waals surface area contributed by atoms with E-state index in [1.165, 1.54) is 47.7 Å². The molecule has 2 heterocycles. The van der Waals surface area contributed by atoms with E-state index in [1.54, 1.807) is 11.3 Å². The molecule has 1 aromatic carbocycles. The Kier molecular flexibility index (Phi) is 4.12. The summed E-state index contributed by atoms with van der Waals surface area (Å²) in [6.07, 6.45) is 2.61. The van der Waals surface area contributed by atoms with Gasteiger partial charge in [0.15, 0.2) is 0 Å². The fourth-order valence-electron chi connectivity index (χ4n) is 2.73. The Balaban J connectivity index is 1.66. The van der Waals surface area contributed by atoms with E-state index in [4.69, 9.17) is 5.26 Å². The van der Waals surface area contributed by atoms with Gasteiger partial charge in [0.05, 0.1) is 5.56 Å².